The zero-order valence-corrected chi connectivity index (χ0v) is 6.76. The first-order chi connectivity index (χ1) is 5.24. The Morgan fingerprint density at radius 3 is 2.82 bits per heavy atom. The molecule has 0 heterocycles. The maximum absolute atomic E-state index is 9.92. The first kappa shape index (κ1) is 8.08. The Morgan fingerprint density at radius 1 is 1.55 bits per heavy atom. The number of carbonyl (C=O) groups excluding carboxylic acids is 1. The molecule has 1 aromatic rings. The van der Waals surface area contributed by atoms with Crippen molar-refractivity contribution < 1.29 is 9.53 Å². The lowest BCUT2D eigenvalue weighted by Gasteiger charge is -1.99. The highest BCUT2D eigenvalue weighted by atomic mass is 35.5. The van der Waals surface area contributed by atoms with Crippen molar-refractivity contribution in [1.29, 1.82) is 0 Å². The minimum absolute atomic E-state index is 0.392. The first-order valence-electron chi connectivity index (χ1n) is 3.10. The minimum atomic E-state index is 0.392. The van der Waals surface area contributed by atoms with Gasteiger partial charge in [-0.1, -0.05) is 11.6 Å². The molecular weight excluding hydrogens is 164 g/mol. The fraction of sp³-hybridized carbons (Fsp3) is 0.125. The Hall–Kier alpha value is -1.02. The van der Waals surface area contributed by atoms with E-state index in [-0.39, 0.29) is 0 Å². The van der Waals surface area contributed by atoms with Gasteiger partial charge in [-0.3, -0.25) is 4.79 Å². The van der Waals surface area contributed by atoms with Crippen LogP contribution in [0.4, 0.5) is 0 Å². The summed E-state index contributed by atoms with van der Waals surface area (Å²) in [6.07, 6.45) is 0. The molecule has 58 valence electrons. The van der Waals surface area contributed by atoms with E-state index in [4.69, 9.17) is 11.6 Å². The molecule has 0 aromatic heterocycles. The lowest BCUT2D eigenvalue weighted by Crippen LogP contribution is -1.88. The van der Waals surface area contributed by atoms with Crippen LogP contribution in [0.5, 0.6) is 5.75 Å². The fourth-order valence-electron chi connectivity index (χ4n) is 0.746. The van der Waals surface area contributed by atoms with Crippen LogP contribution in [0, 0.1) is 6.92 Å². The van der Waals surface area contributed by atoms with E-state index in [9.17, 15) is 4.79 Å². The standard InChI is InChI=1S/C8H7ClO2/c1-6-4-7(11-5-10)2-3-8(6)9/h2-5H,1H3. The maximum Gasteiger partial charge on any atom is 0.298 e. The van der Waals surface area contributed by atoms with Crippen LogP contribution in [0.3, 0.4) is 0 Å². The molecule has 0 unspecified atom stereocenters. The number of carbonyl (C=O) groups is 1. The maximum atomic E-state index is 9.92. The predicted molar refractivity (Wildman–Crippen MR) is 42.9 cm³/mol. The molecule has 3 heteroatoms. The summed E-state index contributed by atoms with van der Waals surface area (Å²) >= 11 is 5.74. The zero-order chi connectivity index (χ0) is 8.27. The van der Waals surface area contributed by atoms with Gasteiger partial charge in [0.25, 0.3) is 6.47 Å². The van der Waals surface area contributed by atoms with Crippen LogP contribution in [0.15, 0.2) is 18.2 Å². The predicted octanol–water partition coefficient (Wildman–Crippen LogP) is 2.18. The molecule has 11 heavy (non-hydrogen) atoms. The van der Waals surface area contributed by atoms with E-state index in [1.54, 1.807) is 18.2 Å². The van der Waals surface area contributed by atoms with E-state index in [0.29, 0.717) is 17.2 Å². The lowest BCUT2D eigenvalue weighted by molar-refractivity contribution is -0.120. The van der Waals surface area contributed by atoms with Gasteiger partial charge in [0, 0.05) is 5.02 Å². The molecule has 0 saturated heterocycles. The molecule has 1 rings (SSSR count). The number of aryl methyl sites for hydroxylation is 1. The van der Waals surface area contributed by atoms with Crippen molar-refractivity contribution in [2.75, 3.05) is 0 Å². The first-order valence-corrected chi connectivity index (χ1v) is 3.48. The van der Waals surface area contributed by atoms with Crippen LogP contribution in [-0.2, 0) is 4.79 Å². The number of benzene rings is 1. The third-order valence-electron chi connectivity index (χ3n) is 1.31. The molecule has 1 aromatic carbocycles. The van der Waals surface area contributed by atoms with Gasteiger partial charge in [-0.15, -0.1) is 0 Å². The van der Waals surface area contributed by atoms with E-state index >= 15 is 0 Å². The van der Waals surface area contributed by atoms with Crippen molar-refractivity contribution in [3.8, 4) is 5.75 Å². The van der Waals surface area contributed by atoms with Crippen molar-refractivity contribution in [2.45, 2.75) is 6.92 Å². The van der Waals surface area contributed by atoms with Crippen LogP contribution >= 0.6 is 11.6 Å². The molecule has 0 fully saturated rings. The van der Waals surface area contributed by atoms with E-state index in [0.717, 1.165) is 5.56 Å². The van der Waals surface area contributed by atoms with Crippen molar-refractivity contribution in [3.63, 3.8) is 0 Å². The van der Waals surface area contributed by atoms with Crippen molar-refractivity contribution in [2.24, 2.45) is 0 Å². The molecule has 0 bridgehead atoms. The van der Waals surface area contributed by atoms with Gasteiger partial charge < -0.3 is 4.74 Å². The topological polar surface area (TPSA) is 26.3 Å². The van der Waals surface area contributed by atoms with Crippen molar-refractivity contribution in [1.82, 2.24) is 0 Å². The summed E-state index contributed by atoms with van der Waals surface area (Å²) in [5.74, 6) is 0.516. The van der Waals surface area contributed by atoms with Gasteiger partial charge in [-0.05, 0) is 30.7 Å². The number of hydrogen-bond acceptors (Lipinski definition) is 2. The summed E-state index contributed by atoms with van der Waals surface area (Å²) < 4.78 is 4.60. The van der Waals surface area contributed by atoms with Gasteiger partial charge in [0.1, 0.15) is 5.75 Å². The molecule has 2 nitrogen and oxygen atoms in total. The average molecular weight is 171 g/mol. The Balaban J connectivity index is 2.95. The second kappa shape index (κ2) is 3.39. The molecule has 0 N–H and O–H groups in total. The summed E-state index contributed by atoms with van der Waals surface area (Å²) in [5, 5.41) is 0.670. The highest BCUT2D eigenvalue weighted by Gasteiger charge is 1.96. The Bertz CT molecular complexity index is 271. The molecule has 0 radical (unpaired) electrons. The lowest BCUT2D eigenvalue weighted by atomic mass is 10.2. The molecule has 0 saturated carbocycles. The van der Waals surface area contributed by atoms with Gasteiger partial charge in [0.2, 0.25) is 0 Å². The van der Waals surface area contributed by atoms with Gasteiger partial charge in [-0.25, -0.2) is 0 Å². The van der Waals surface area contributed by atoms with Gasteiger partial charge >= 0.3 is 0 Å². The van der Waals surface area contributed by atoms with Gasteiger partial charge in [-0.2, -0.15) is 0 Å². The Kier molecular flexibility index (Phi) is 2.49. The highest BCUT2D eigenvalue weighted by molar-refractivity contribution is 6.31. The smallest absolute Gasteiger partial charge is 0.298 e. The molecule has 0 aliphatic carbocycles. The SMILES string of the molecule is Cc1cc(OC=O)ccc1Cl. The second-order valence-electron chi connectivity index (χ2n) is 2.13. The Labute approximate surface area is 69.7 Å². The molecule has 0 spiro atoms. The van der Waals surface area contributed by atoms with Crippen molar-refractivity contribution in [3.05, 3.63) is 28.8 Å². The second-order valence-corrected chi connectivity index (χ2v) is 2.53. The van der Waals surface area contributed by atoms with Crippen LogP contribution in [-0.4, -0.2) is 6.47 Å². The average Bonchev–Trinajstić information content (AvgIpc) is 1.98. The Morgan fingerprint density at radius 2 is 2.27 bits per heavy atom. The minimum Gasteiger partial charge on any atom is -0.429 e. The normalized spacial score (nSPS) is 9.27. The summed E-state index contributed by atoms with van der Waals surface area (Å²) in [5.41, 5.74) is 0.894. The van der Waals surface area contributed by atoms with Crippen LogP contribution < -0.4 is 4.74 Å². The summed E-state index contributed by atoms with van der Waals surface area (Å²) in [4.78, 5) is 9.92. The summed E-state index contributed by atoms with van der Waals surface area (Å²) in [6.45, 7) is 2.24. The molecular formula is C8H7ClO2. The number of hydrogen-bond donors (Lipinski definition) is 0. The molecule has 0 aliphatic heterocycles. The van der Waals surface area contributed by atoms with E-state index < -0.39 is 0 Å². The number of rotatable bonds is 2. The molecule has 0 atom stereocenters. The quantitative estimate of drug-likeness (QED) is 0.636. The van der Waals surface area contributed by atoms with E-state index in [1.165, 1.54) is 0 Å². The molecule has 0 amide bonds. The van der Waals surface area contributed by atoms with E-state index in [2.05, 4.69) is 4.74 Å². The summed E-state index contributed by atoms with van der Waals surface area (Å²) in [7, 11) is 0. The van der Waals surface area contributed by atoms with Crippen molar-refractivity contribution >= 4 is 18.1 Å². The third kappa shape index (κ3) is 1.95. The number of ether oxygens (including phenoxy) is 1. The van der Waals surface area contributed by atoms with Crippen LogP contribution in [0.25, 0.3) is 0 Å². The molecule has 0 aliphatic rings. The summed E-state index contributed by atoms with van der Waals surface area (Å²) in [6, 6.07) is 5.04. The largest absolute Gasteiger partial charge is 0.429 e. The highest BCUT2D eigenvalue weighted by Crippen LogP contribution is 2.20. The monoisotopic (exact) mass is 170 g/mol. The number of halogens is 1. The van der Waals surface area contributed by atoms with E-state index in [1.807, 2.05) is 6.92 Å². The van der Waals surface area contributed by atoms with Gasteiger partial charge in [0.05, 0.1) is 0 Å². The zero-order valence-electron chi connectivity index (χ0n) is 6.00. The van der Waals surface area contributed by atoms with Crippen LogP contribution in [0.2, 0.25) is 5.02 Å². The fourth-order valence-corrected chi connectivity index (χ4v) is 0.864. The third-order valence-corrected chi connectivity index (χ3v) is 1.74. The van der Waals surface area contributed by atoms with Gasteiger partial charge in [0.15, 0.2) is 0 Å². The van der Waals surface area contributed by atoms with Crippen LogP contribution in [0.1, 0.15) is 5.56 Å².